The molecule has 23 heavy (non-hydrogen) atoms. The van der Waals surface area contributed by atoms with Gasteiger partial charge in [0.1, 0.15) is 5.82 Å². The van der Waals surface area contributed by atoms with Crippen LogP contribution in [0.2, 0.25) is 0 Å². The number of hydrogen-bond acceptors (Lipinski definition) is 6. The first kappa shape index (κ1) is 15.1. The summed E-state index contributed by atoms with van der Waals surface area (Å²) in [5.41, 5.74) is 1.56. The summed E-state index contributed by atoms with van der Waals surface area (Å²) in [5.74, 6) is 0.651. The number of nitrogens with zero attached hydrogens (tertiary/aromatic N) is 3. The van der Waals surface area contributed by atoms with Gasteiger partial charge in [0.2, 0.25) is 5.91 Å². The molecule has 0 aliphatic heterocycles. The van der Waals surface area contributed by atoms with E-state index >= 15 is 0 Å². The third-order valence-corrected chi connectivity index (χ3v) is 3.79. The van der Waals surface area contributed by atoms with Crippen LogP contribution in [-0.4, -0.2) is 20.9 Å². The van der Waals surface area contributed by atoms with Crippen molar-refractivity contribution in [2.24, 2.45) is 0 Å². The number of pyridine rings is 2. The summed E-state index contributed by atoms with van der Waals surface area (Å²) >= 11 is 1.45. The summed E-state index contributed by atoms with van der Waals surface area (Å²) in [4.78, 5) is 24.7. The maximum atomic E-state index is 11.9. The number of rotatable bonds is 6. The number of carbonyl (C=O) groups excluding carboxylic acids is 1. The minimum absolute atomic E-state index is 0.0784. The average molecular weight is 325 g/mol. The number of carbonyl (C=O) groups is 1. The van der Waals surface area contributed by atoms with Crippen molar-refractivity contribution >= 4 is 28.2 Å². The van der Waals surface area contributed by atoms with E-state index in [0.717, 1.165) is 22.3 Å². The highest BCUT2D eigenvalue weighted by Gasteiger charge is 2.08. The Labute approximate surface area is 137 Å². The van der Waals surface area contributed by atoms with Gasteiger partial charge in [-0.3, -0.25) is 9.78 Å². The van der Waals surface area contributed by atoms with Gasteiger partial charge in [-0.15, -0.1) is 11.3 Å². The first-order valence-electron chi connectivity index (χ1n) is 7.09. The zero-order chi connectivity index (χ0) is 15.9. The second-order valence-corrected chi connectivity index (χ2v) is 5.62. The average Bonchev–Trinajstić information content (AvgIpc) is 3.02. The van der Waals surface area contributed by atoms with Gasteiger partial charge in [-0.1, -0.05) is 12.1 Å². The third kappa shape index (κ3) is 4.58. The highest BCUT2D eigenvalue weighted by molar-refractivity contribution is 7.13. The first-order valence-corrected chi connectivity index (χ1v) is 7.96. The summed E-state index contributed by atoms with van der Waals surface area (Å²) in [6, 6.07) is 11.2. The Hall–Kier alpha value is -2.80. The molecule has 0 aromatic carbocycles. The van der Waals surface area contributed by atoms with Crippen molar-refractivity contribution in [1.82, 2.24) is 20.3 Å². The predicted molar refractivity (Wildman–Crippen MR) is 89.4 cm³/mol. The zero-order valence-electron chi connectivity index (χ0n) is 12.3. The normalized spacial score (nSPS) is 10.3. The van der Waals surface area contributed by atoms with E-state index in [-0.39, 0.29) is 12.3 Å². The third-order valence-electron chi connectivity index (χ3n) is 2.99. The lowest BCUT2D eigenvalue weighted by atomic mass is 10.3. The Kier molecular flexibility index (Phi) is 4.90. The van der Waals surface area contributed by atoms with Gasteiger partial charge in [0.05, 0.1) is 24.4 Å². The van der Waals surface area contributed by atoms with Gasteiger partial charge in [0.25, 0.3) is 0 Å². The predicted octanol–water partition coefficient (Wildman–Crippen LogP) is 2.54. The van der Waals surface area contributed by atoms with Gasteiger partial charge in [0, 0.05) is 17.8 Å². The summed E-state index contributed by atoms with van der Waals surface area (Å²) in [7, 11) is 0. The van der Waals surface area contributed by atoms with E-state index in [1.54, 1.807) is 12.4 Å². The van der Waals surface area contributed by atoms with Crippen LogP contribution < -0.4 is 10.6 Å². The van der Waals surface area contributed by atoms with Crippen LogP contribution in [0.25, 0.3) is 0 Å². The smallest absolute Gasteiger partial charge is 0.226 e. The van der Waals surface area contributed by atoms with E-state index < -0.39 is 0 Å². The number of hydrogen-bond donors (Lipinski definition) is 2. The molecule has 0 radical (unpaired) electrons. The lowest BCUT2D eigenvalue weighted by Gasteiger charge is -2.03. The van der Waals surface area contributed by atoms with Crippen LogP contribution in [0.1, 0.15) is 11.4 Å². The molecule has 0 spiro atoms. The van der Waals surface area contributed by atoms with Crippen molar-refractivity contribution in [2.75, 3.05) is 5.32 Å². The van der Waals surface area contributed by atoms with E-state index in [0.29, 0.717) is 6.54 Å². The fraction of sp³-hybridized carbons (Fsp3) is 0.125. The van der Waals surface area contributed by atoms with Crippen LogP contribution in [0, 0.1) is 0 Å². The van der Waals surface area contributed by atoms with Crippen LogP contribution >= 0.6 is 11.3 Å². The van der Waals surface area contributed by atoms with E-state index in [1.165, 1.54) is 11.3 Å². The van der Waals surface area contributed by atoms with E-state index in [9.17, 15) is 4.79 Å². The SMILES string of the molecule is O=C(Cc1csc(Nc2ccccn2)n1)NCc1ccccn1. The van der Waals surface area contributed by atoms with Gasteiger partial charge in [0.15, 0.2) is 5.13 Å². The standard InChI is InChI=1S/C16H15N5OS/c22-15(19-10-12-5-1-3-7-17-12)9-13-11-23-16(20-13)21-14-6-2-4-8-18-14/h1-8,11H,9-10H2,(H,19,22)(H,18,20,21). The fourth-order valence-electron chi connectivity index (χ4n) is 1.91. The molecule has 3 rings (SSSR count). The molecule has 0 aliphatic rings. The van der Waals surface area contributed by atoms with Gasteiger partial charge >= 0.3 is 0 Å². The van der Waals surface area contributed by atoms with Crippen LogP contribution in [0.5, 0.6) is 0 Å². The van der Waals surface area contributed by atoms with Gasteiger partial charge in [-0.25, -0.2) is 9.97 Å². The lowest BCUT2D eigenvalue weighted by Crippen LogP contribution is -2.25. The Morgan fingerprint density at radius 1 is 1.04 bits per heavy atom. The van der Waals surface area contributed by atoms with Crippen molar-refractivity contribution in [3.63, 3.8) is 0 Å². The molecular weight excluding hydrogens is 310 g/mol. The van der Waals surface area contributed by atoms with Gasteiger partial charge in [-0.2, -0.15) is 0 Å². The van der Waals surface area contributed by atoms with Crippen LogP contribution in [0.3, 0.4) is 0 Å². The topological polar surface area (TPSA) is 79.8 Å². The molecule has 0 unspecified atom stereocenters. The zero-order valence-corrected chi connectivity index (χ0v) is 13.1. The Balaban J connectivity index is 1.51. The Bertz CT molecular complexity index is 760. The maximum Gasteiger partial charge on any atom is 0.226 e. The molecule has 3 aromatic heterocycles. The molecule has 1 amide bonds. The number of anilines is 2. The van der Waals surface area contributed by atoms with Crippen molar-refractivity contribution in [3.05, 3.63) is 65.6 Å². The van der Waals surface area contributed by atoms with Gasteiger partial charge in [-0.05, 0) is 24.3 Å². The van der Waals surface area contributed by atoms with E-state index in [4.69, 9.17) is 0 Å². The van der Waals surface area contributed by atoms with Crippen LogP contribution in [0.15, 0.2) is 54.2 Å². The number of thiazole rings is 1. The second-order valence-electron chi connectivity index (χ2n) is 4.76. The lowest BCUT2D eigenvalue weighted by molar-refractivity contribution is -0.120. The summed E-state index contributed by atoms with van der Waals surface area (Å²) in [6.45, 7) is 0.419. The molecule has 6 nitrogen and oxygen atoms in total. The molecule has 7 heteroatoms. The highest BCUT2D eigenvalue weighted by Crippen LogP contribution is 2.19. The molecule has 0 aliphatic carbocycles. The van der Waals surface area contributed by atoms with Gasteiger partial charge < -0.3 is 10.6 Å². The molecular formula is C16H15N5OS. The fourth-order valence-corrected chi connectivity index (χ4v) is 2.63. The molecule has 0 saturated carbocycles. The Morgan fingerprint density at radius 2 is 1.87 bits per heavy atom. The molecule has 0 atom stereocenters. The second kappa shape index (κ2) is 7.46. The molecule has 0 bridgehead atoms. The maximum absolute atomic E-state index is 11.9. The summed E-state index contributed by atoms with van der Waals surface area (Å²) in [6.07, 6.45) is 3.66. The largest absolute Gasteiger partial charge is 0.350 e. The Morgan fingerprint density at radius 3 is 2.61 bits per heavy atom. The summed E-state index contributed by atoms with van der Waals surface area (Å²) in [5, 5.41) is 8.53. The van der Waals surface area contributed by atoms with E-state index in [2.05, 4.69) is 25.6 Å². The van der Waals surface area contributed by atoms with Crippen molar-refractivity contribution in [2.45, 2.75) is 13.0 Å². The quantitative estimate of drug-likeness (QED) is 0.728. The number of nitrogens with one attached hydrogen (secondary N) is 2. The minimum atomic E-state index is -0.0784. The molecule has 0 saturated heterocycles. The summed E-state index contributed by atoms with van der Waals surface area (Å²) < 4.78 is 0. The molecule has 3 heterocycles. The van der Waals surface area contributed by atoms with Crippen molar-refractivity contribution in [3.8, 4) is 0 Å². The molecule has 3 aromatic rings. The van der Waals surface area contributed by atoms with E-state index in [1.807, 2.05) is 41.8 Å². The minimum Gasteiger partial charge on any atom is -0.350 e. The van der Waals surface area contributed by atoms with Crippen LogP contribution in [-0.2, 0) is 17.8 Å². The first-order chi connectivity index (χ1) is 11.3. The monoisotopic (exact) mass is 325 g/mol. The molecule has 0 fully saturated rings. The number of aromatic nitrogens is 3. The number of amides is 1. The molecule has 116 valence electrons. The van der Waals surface area contributed by atoms with Crippen molar-refractivity contribution < 1.29 is 4.79 Å². The van der Waals surface area contributed by atoms with Crippen LogP contribution in [0.4, 0.5) is 10.9 Å². The molecule has 2 N–H and O–H groups in total. The highest BCUT2D eigenvalue weighted by atomic mass is 32.1. The van der Waals surface area contributed by atoms with Crippen molar-refractivity contribution in [1.29, 1.82) is 0 Å².